The van der Waals surface area contributed by atoms with E-state index >= 15 is 0 Å². The second kappa shape index (κ2) is 9.26. The third-order valence-corrected chi connectivity index (χ3v) is 4.30. The summed E-state index contributed by atoms with van der Waals surface area (Å²) in [5, 5.41) is 0. The average molecular weight is 411 g/mol. The maximum atomic E-state index is 13.2. The lowest BCUT2D eigenvalue weighted by molar-refractivity contribution is -0.132. The average Bonchev–Trinajstić information content (AvgIpc) is 2.70. The highest BCUT2D eigenvalue weighted by atomic mass is 19.3. The molecular weight excluding hydrogens is 392 g/mol. The van der Waals surface area contributed by atoms with Gasteiger partial charge in [-0.1, -0.05) is 24.3 Å². The van der Waals surface area contributed by atoms with E-state index < -0.39 is 24.3 Å². The van der Waals surface area contributed by atoms with Crippen LogP contribution in [0, 0.1) is 0 Å². The van der Waals surface area contributed by atoms with E-state index in [-0.39, 0.29) is 5.56 Å². The standard InChI is InChI=1S/C23H19F2NO4/c1-14(27)29-19-7-3-16(4-8-19)22(21-13-18(23(24)25)11-12-26-21)17-5-9-20(10-6-17)30-15(2)28/h3-13,22-23H,1-2H3. The fraction of sp³-hybridized carbons (Fsp3) is 0.174. The van der Waals surface area contributed by atoms with Crippen molar-refractivity contribution in [3.8, 4) is 11.5 Å². The topological polar surface area (TPSA) is 65.5 Å². The second-order valence-corrected chi connectivity index (χ2v) is 6.57. The van der Waals surface area contributed by atoms with Gasteiger partial charge in [0.15, 0.2) is 0 Å². The van der Waals surface area contributed by atoms with E-state index in [0.717, 1.165) is 11.1 Å². The zero-order valence-corrected chi connectivity index (χ0v) is 16.3. The monoisotopic (exact) mass is 411 g/mol. The molecule has 0 fully saturated rings. The Bertz CT molecular complexity index is 974. The molecule has 0 aliphatic heterocycles. The summed E-state index contributed by atoms with van der Waals surface area (Å²) in [6, 6.07) is 16.2. The van der Waals surface area contributed by atoms with Crippen molar-refractivity contribution in [1.29, 1.82) is 0 Å². The van der Waals surface area contributed by atoms with Gasteiger partial charge in [0, 0.05) is 25.6 Å². The Kier molecular flexibility index (Phi) is 6.51. The van der Waals surface area contributed by atoms with Crippen LogP contribution in [0.5, 0.6) is 11.5 Å². The normalized spacial score (nSPS) is 10.9. The van der Waals surface area contributed by atoms with E-state index in [1.54, 1.807) is 48.5 Å². The van der Waals surface area contributed by atoms with Gasteiger partial charge in [0.05, 0.1) is 11.6 Å². The van der Waals surface area contributed by atoms with Crippen LogP contribution in [-0.4, -0.2) is 16.9 Å². The van der Waals surface area contributed by atoms with E-state index in [0.29, 0.717) is 17.2 Å². The zero-order chi connectivity index (χ0) is 21.7. The van der Waals surface area contributed by atoms with Crippen LogP contribution < -0.4 is 9.47 Å². The fourth-order valence-corrected chi connectivity index (χ4v) is 3.08. The summed E-state index contributed by atoms with van der Waals surface area (Å²) < 4.78 is 36.6. The molecule has 154 valence electrons. The fourth-order valence-electron chi connectivity index (χ4n) is 3.08. The van der Waals surface area contributed by atoms with Gasteiger partial charge < -0.3 is 9.47 Å². The lowest BCUT2D eigenvalue weighted by atomic mass is 9.87. The van der Waals surface area contributed by atoms with E-state index in [2.05, 4.69) is 4.98 Å². The molecule has 0 bridgehead atoms. The Balaban J connectivity index is 2.03. The Labute approximate surface area is 172 Å². The molecule has 30 heavy (non-hydrogen) atoms. The van der Waals surface area contributed by atoms with Crippen molar-refractivity contribution in [2.45, 2.75) is 26.2 Å². The van der Waals surface area contributed by atoms with Gasteiger partial charge in [-0.05, 0) is 47.5 Å². The molecule has 3 aromatic rings. The first kappa shape index (κ1) is 21.1. The number of hydrogen-bond donors (Lipinski definition) is 0. The Morgan fingerprint density at radius 1 is 0.767 bits per heavy atom. The van der Waals surface area contributed by atoms with Gasteiger partial charge in [0.2, 0.25) is 0 Å². The van der Waals surface area contributed by atoms with Gasteiger partial charge in [-0.3, -0.25) is 14.6 Å². The number of alkyl halides is 2. The van der Waals surface area contributed by atoms with Gasteiger partial charge in [-0.2, -0.15) is 0 Å². The summed E-state index contributed by atoms with van der Waals surface area (Å²) in [6.07, 6.45) is -1.27. The van der Waals surface area contributed by atoms with E-state index in [1.807, 2.05) is 0 Å². The number of aromatic nitrogens is 1. The van der Waals surface area contributed by atoms with Crippen molar-refractivity contribution in [1.82, 2.24) is 4.98 Å². The number of rotatable bonds is 6. The summed E-state index contributed by atoms with van der Waals surface area (Å²) in [7, 11) is 0. The molecule has 0 saturated heterocycles. The molecule has 1 aromatic heterocycles. The number of hydrogen-bond acceptors (Lipinski definition) is 5. The van der Waals surface area contributed by atoms with Crippen molar-refractivity contribution in [2.24, 2.45) is 0 Å². The van der Waals surface area contributed by atoms with Crippen LogP contribution in [0.2, 0.25) is 0 Å². The van der Waals surface area contributed by atoms with Crippen LogP contribution in [0.25, 0.3) is 0 Å². The smallest absolute Gasteiger partial charge is 0.308 e. The molecule has 0 unspecified atom stereocenters. The minimum absolute atomic E-state index is 0.127. The highest BCUT2D eigenvalue weighted by Crippen LogP contribution is 2.34. The molecule has 5 nitrogen and oxygen atoms in total. The molecule has 3 rings (SSSR count). The zero-order valence-electron chi connectivity index (χ0n) is 16.3. The lowest BCUT2D eigenvalue weighted by Gasteiger charge is -2.19. The van der Waals surface area contributed by atoms with Crippen LogP contribution in [0.3, 0.4) is 0 Å². The van der Waals surface area contributed by atoms with Crippen LogP contribution in [0.1, 0.15) is 48.6 Å². The molecule has 0 radical (unpaired) electrons. The number of pyridine rings is 1. The first-order chi connectivity index (χ1) is 14.3. The largest absolute Gasteiger partial charge is 0.427 e. The minimum Gasteiger partial charge on any atom is -0.427 e. The predicted octanol–water partition coefficient (Wildman–Crippen LogP) is 5.05. The van der Waals surface area contributed by atoms with Crippen LogP contribution in [0.4, 0.5) is 8.78 Å². The molecule has 1 heterocycles. The SMILES string of the molecule is CC(=O)Oc1ccc(C(c2ccc(OC(C)=O)cc2)c2cc(C(F)F)ccn2)cc1. The maximum Gasteiger partial charge on any atom is 0.308 e. The molecule has 0 saturated carbocycles. The van der Waals surface area contributed by atoms with Crippen molar-refractivity contribution >= 4 is 11.9 Å². The van der Waals surface area contributed by atoms with Gasteiger partial charge in [0.1, 0.15) is 11.5 Å². The Hall–Kier alpha value is -3.61. The second-order valence-electron chi connectivity index (χ2n) is 6.57. The number of ether oxygens (including phenoxy) is 2. The molecule has 0 atom stereocenters. The van der Waals surface area contributed by atoms with Crippen molar-refractivity contribution in [3.63, 3.8) is 0 Å². The summed E-state index contributed by atoms with van der Waals surface area (Å²) in [5.74, 6) is -0.575. The summed E-state index contributed by atoms with van der Waals surface area (Å²) >= 11 is 0. The molecule has 0 N–H and O–H groups in total. The molecule has 0 aliphatic carbocycles. The molecule has 7 heteroatoms. The Morgan fingerprint density at radius 3 is 1.63 bits per heavy atom. The van der Waals surface area contributed by atoms with Gasteiger partial charge in [-0.25, -0.2) is 8.78 Å². The highest BCUT2D eigenvalue weighted by molar-refractivity contribution is 5.69. The molecule has 0 aliphatic rings. The van der Waals surface area contributed by atoms with E-state index in [4.69, 9.17) is 9.47 Å². The van der Waals surface area contributed by atoms with Crippen LogP contribution in [-0.2, 0) is 9.59 Å². The van der Waals surface area contributed by atoms with E-state index in [1.165, 1.54) is 32.2 Å². The lowest BCUT2D eigenvalue weighted by Crippen LogP contribution is -2.08. The third-order valence-electron chi connectivity index (χ3n) is 4.30. The number of nitrogens with zero attached hydrogens (tertiary/aromatic N) is 1. The van der Waals surface area contributed by atoms with Crippen LogP contribution in [0.15, 0.2) is 66.9 Å². The quantitative estimate of drug-likeness (QED) is 0.420. The predicted molar refractivity (Wildman–Crippen MR) is 106 cm³/mol. The first-order valence-electron chi connectivity index (χ1n) is 9.14. The summed E-state index contributed by atoms with van der Waals surface area (Å²) in [5.41, 5.74) is 1.85. The number of halogens is 2. The molecular formula is C23H19F2NO4. The number of carbonyl (C=O) groups is 2. The summed E-state index contributed by atoms with van der Waals surface area (Å²) in [6.45, 7) is 2.61. The number of benzene rings is 2. The van der Waals surface area contributed by atoms with Gasteiger partial charge in [0.25, 0.3) is 6.43 Å². The van der Waals surface area contributed by atoms with Crippen molar-refractivity contribution < 1.29 is 27.8 Å². The molecule has 2 aromatic carbocycles. The first-order valence-corrected chi connectivity index (χ1v) is 9.14. The van der Waals surface area contributed by atoms with E-state index in [9.17, 15) is 18.4 Å². The van der Waals surface area contributed by atoms with Crippen molar-refractivity contribution in [3.05, 3.63) is 89.2 Å². The van der Waals surface area contributed by atoms with Gasteiger partial charge >= 0.3 is 11.9 Å². The summed E-state index contributed by atoms with van der Waals surface area (Å²) in [4.78, 5) is 26.6. The molecule has 0 amide bonds. The van der Waals surface area contributed by atoms with Crippen LogP contribution >= 0.6 is 0 Å². The molecule has 0 spiro atoms. The van der Waals surface area contributed by atoms with Gasteiger partial charge in [-0.15, -0.1) is 0 Å². The maximum absolute atomic E-state index is 13.2. The minimum atomic E-state index is -2.62. The Morgan fingerprint density at radius 2 is 1.23 bits per heavy atom. The van der Waals surface area contributed by atoms with Crippen molar-refractivity contribution in [2.75, 3.05) is 0 Å². The number of carbonyl (C=O) groups excluding carboxylic acids is 2. The number of esters is 2. The third kappa shape index (κ3) is 5.26. The highest BCUT2D eigenvalue weighted by Gasteiger charge is 2.20.